The van der Waals surface area contributed by atoms with Crippen molar-refractivity contribution in [3.63, 3.8) is 0 Å². The van der Waals surface area contributed by atoms with E-state index >= 15 is 0 Å². The minimum absolute atomic E-state index is 0.0456. The summed E-state index contributed by atoms with van der Waals surface area (Å²) < 4.78 is 5.25. The fourth-order valence-electron chi connectivity index (χ4n) is 4.94. The number of amides is 4. The minimum atomic E-state index is -0.961. The van der Waals surface area contributed by atoms with Gasteiger partial charge >= 0.3 is 12.0 Å². The average Bonchev–Trinajstić information content (AvgIpc) is 2.93. The number of rotatable bonds is 7. The van der Waals surface area contributed by atoms with E-state index in [0.29, 0.717) is 0 Å². The maximum atomic E-state index is 13.0. The van der Waals surface area contributed by atoms with E-state index in [1.54, 1.807) is 13.8 Å². The van der Waals surface area contributed by atoms with Crippen LogP contribution in [0.2, 0.25) is 0 Å². The van der Waals surface area contributed by atoms with Crippen LogP contribution in [0, 0.1) is 0 Å². The van der Waals surface area contributed by atoms with Crippen LogP contribution in [0.25, 0.3) is 0 Å². The molecule has 8 heteroatoms. The van der Waals surface area contributed by atoms with Crippen molar-refractivity contribution in [3.05, 3.63) is 0 Å². The lowest BCUT2D eigenvalue weighted by Crippen LogP contribution is -2.50. The molecule has 1 N–H and O–H groups in total. The number of carbonyl (C=O) groups is 4. The van der Waals surface area contributed by atoms with E-state index < -0.39 is 17.5 Å². The monoisotopic (exact) mass is 421 g/mol. The van der Waals surface area contributed by atoms with Gasteiger partial charge in [-0.05, 0) is 39.5 Å². The van der Waals surface area contributed by atoms with Crippen molar-refractivity contribution < 1.29 is 23.9 Å². The lowest BCUT2D eigenvalue weighted by Gasteiger charge is -2.41. The first kappa shape index (κ1) is 22.6. The van der Waals surface area contributed by atoms with E-state index in [9.17, 15) is 19.2 Å². The normalized spacial score (nSPS) is 22.7. The van der Waals surface area contributed by atoms with Crippen LogP contribution in [-0.2, 0) is 19.1 Å². The lowest BCUT2D eigenvalue weighted by atomic mass is 9.88. The van der Waals surface area contributed by atoms with Crippen molar-refractivity contribution in [2.45, 2.75) is 102 Å². The Morgan fingerprint density at radius 2 is 1.53 bits per heavy atom. The van der Waals surface area contributed by atoms with Gasteiger partial charge in [-0.15, -0.1) is 0 Å². The fraction of sp³-hybridized carbons (Fsp3) is 0.818. The van der Waals surface area contributed by atoms with Gasteiger partial charge in [-0.2, -0.15) is 0 Å². The maximum absolute atomic E-state index is 13.0. The van der Waals surface area contributed by atoms with E-state index in [1.165, 1.54) is 12.8 Å². The van der Waals surface area contributed by atoms with Gasteiger partial charge in [0.05, 0.1) is 6.42 Å². The quantitative estimate of drug-likeness (QED) is 0.504. The topological polar surface area (TPSA) is 96.0 Å². The molecule has 0 aromatic rings. The van der Waals surface area contributed by atoms with Crippen LogP contribution in [0.15, 0.2) is 0 Å². The summed E-state index contributed by atoms with van der Waals surface area (Å²) in [5.41, 5.74) is -0.961. The predicted molar refractivity (Wildman–Crippen MR) is 110 cm³/mol. The van der Waals surface area contributed by atoms with E-state index in [-0.39, 0.29) is 43.5 Å². The molecule has 8 nitrogen and oxygen atoms in total. The smallest absolute Gasteiger partial charge is 0.325 e. The number of carbonyl (C=O) groups excluding carboxylic acids is 4. The molecule has 3 aliphatic rings. The van der Waals surface area contributed by atoms with E-state index in [1.807, 2.05) is 4.90 Å². The first-order valence-electron chi connectivity index (χ1n) is 11.4. The molecule has 0 atom stereocenters. The molecule has 30 heavy (non-hydrogen) atoms. The Bertz CT molecular complexity index is 648. The molecule has 3 rings (SSSR count). The Hall–Kier alpha value is -2.12. The number of nitrogens with zero attached hydrogens (tertiary/aromatic N) is 2. The first-order valence-corrected chi connectivity index (χ1v) is 11.4. The number of hydrogen-bond acceptors (Lipinski definition) is 5. The van der Waals surface area contributed by atoms with Gasteiger partial charge in [-0.3, -0.25) is 19.3 Å². The number of nitrogens with one attached hydrogen (secondary N) is 1. The lowest BCUT2D eigenvalue weighted by molar-refractivity contribution is -0.155. The molecule has 0 spiro atoms. The minimum Gasteiger partial charge on any atom is -0.456 e. The number of ether oxygens (including phenoxy) is 1. The van der Waals surface area contributed by atoms with Crippen molar-refractivity contribution in [3.8, 4) is 0 Å². The van der Waals surface area contributed by atoms with Gasteiger partial charge in [-0.25, -0.2) is 4.79 Å². The highest BCUT2D eigenvalue weighted by Gasteiger charge is 2.44. The van der Waals surface area contributed by atoms with Crippen LogP contribution in [0.3, 0.4) is 0 Å². The highest BCUT2D eigenvalue weighted by atomic mass is 16.5. The van der Waals surface area contributed by atoms with Gasteiger partial charge in [0.25, 0.3) is 11.8 Å². The molecule has 0 aromatic carbocycles. The van der Waals surface area contributed by atoms with E-state index in [2.05, 4.69) is 5.32 Å². The average molecular weight is 422 g/mol. The molecular weight excluding hydrogens is 386 g/mol. The summed E-state index contributed by atoms with van der Waals surface area (Å²) in [6, 6.07) is -0.00273. The largest absolute Gasteiger partial charge is 0.456 e. The van der Waals surface area contributed by atoms with Crippen LogP contribution < -0.4 is 5.32 Å². The van der Waals surface area contributed by atoms with Crippen LogP contribution in [-0.4, -0.2) is 64.4 Å². The Balaban J connectivity index is 1.51. The summed E-state index contributed by atoms with van der Waals surface area (Å²) in [6.07, 6.45) is 11.0. The second-order valence-corrected chi connectivity index (χ2v) is 9.31. The van der Waals surface area contributed by atoms with Crippen LogP contribution in [0.5, 0.6) is 0 Å². The molecule has 0 radical (unpaired) electrons. The molecule has 3 fully saturated rings. The molecule has 4 amide bonds. The highest BCUT2D eigenvalue weighted by Crippen LogP contribution is 2.30. The Morgan fingerprint density at radius 1 is 1.00 bits per heavy atom. The fourth-order valence-corrected chi connectivity index (χ4v) is 4.94. The summed E-state index contributed by atoms with van der Waals surface area (Å²) in [6.45, 7) is 2.93. The Labute approximate surface area is 178 Å². The SMILES string of the molecule is CC1(C)NC(=O)N(CCC(=O)OCC(=O)N(C2CCCCC2)C2CCCCC2)C1=O. The third-order valence-corrected chi connectivity index (χ3v) is 6.56. The van der Waals surface area contributed by atoms with Crippen LogP contribution in [0.1, 0.15) is 84.5 Å². The van der Waals surface area contributed by atoms with Crippen LogP contribution in [0.4, 0.5) is 4.79 Å². The molecule has 2 saturated carbocycles. The summed E-state index contributed by atoms with van der Waals surface area (Å²) in [7, 11) is 0. The molecule has 0 bridgehead atoms. The molecule has 1 heterocycles. The van der Waals surface area contributed by atoms with Crippen molar-refractivity contribution >= 4 is 23.8 Å². The Kier molecular flexibility index (Phi) is 7.36. The molecule has 2 aliphatic carbocycles. The van der Waals surface area contributed by atoms with Crippen molar-refractivity contribution in [1.29, 1.82) is 0 Å². The second-order valence-electron chi connectivity index (χ2n) is 9.31. The molecular formula is C22H35N3O5. The number of urea groups is 1. The number of esters is 1. The zero-order valence-electron chi connectivity index (χ0n) is 18.3. The molecule has 0 aromatic heterocycles. The van der Waals surface area contributed by atoms with E-state index in [4.69, 9.17) is 4.74 Å². The highest BCUT2D eigenvalue weighted by molar-refractivity contribution is 6.06. The Morgan fingerprint density at radius 3 is 2.00 bits per heavy atom. The summed E-state index contributed by atoms with van der Waals surface area (Å²) in [4.78, 5) is 52.3. The van der Waals surface area contributed by atoms with Gasteiger partial charge in [0.2, 0.25) is 0 Å². The van der Waals surface area contributed by atoms with E-state index in [0.717, 1.165) is 56.3 Å². The second kappa shape index (κ2) is 9.79. The molecule has 0 unspecified atom stereocenters. The van der Waals surface area contributed by atoms with Gasteiger partial charge in [0.1, 0.15) is 5.54 Å². The molecule has 1 aliphatic heterocycles. The third kappa shape index (κ3) is 5.32. The zero-order valence-corrected chi connectivity index (χ0v) is 18.3. The van der Waals surface area contributed by atoms with Gasteiger partial charge < -0.3 is 15.0 Å². The first-order chi connectivity index (χ1) is 14.3. The third-order valence-electron chi connectivity index (χ3n) is 6.56. The van der Waals surface area contributed by atoms with Crippen molar-refractivity contribution in [1.82, 2.24) is 15.1 Å². The van der Waals surface area contributed by atoms with Crippen molar-refractivity contribution in [2.75, 3.05) is 13.2 Å². The van der Waals surface area contributed by atoms with Gasteiger partial charge in [0.15, 0.2) is 6.61 Å². The summed E-state index contributed by atoms with van der Waals surface area (Å²) >= 11 is 0. The summed E-state index contributed by atoms with van der Waals surface area (Å²) in [5.74, 6) is -1.05. The zero-order chi connectivity index (χ0) is 21.7. The summed E-state index contributed by atoms with van der Waals surface area (Å²) in [5, 5.41) is 2.58. The standard InChI is InChI=1S/C22H35N3O5/c1-22(2)20(28)24(21(29)23-22)14-13-19(27)30-15-18(26)25(16-9-5-3-6-10-16)17-11-7-4-8-12-17/h16-17H,3-15H2,1-2H3,(H,23,29). The van der Waals surface area contributed by atoms with Gasteiger partial charge in [0, 0.05) is 18.6 Å². The van der Waals surface area contributed by atoms with Crippen molar-refractivity contribution in [2.24, 2.45) is 0 Å². The molecule has 1 saturated heterocycles. The van der Waals surface area contributed by atoms with Gasteiger partial charge in [-0.1, -0.05) is 38.5 Å². The maximum Gasteiger partial charge on any atom is 0.325 e. The predicted octanol–water partition coefficient (Wildman–Crippen LogP) is 2.74. The molecule has 168 valence electrons. The van der Waals surface area contributed by atoms with Crippen LogP contribution >= 0.6 is 0 Å². The number of imide groups is 1. The number of hydrogen-bond donors (Lipinski definition) is 1.